The molecule has 0 spiro atoms. The lowest BCUT2D eigenvalue weighted by Gasteiger charge is -2.32. The third-order valence-corrected chi connectivity index (χ3v) is 4.43. The normalized spacial score (nSPS) is 18.2. The summed E-state index contributed by atoms with van der Waals surface area (Å²) in [7, 11) is 0. The highest BCUT2D eigenvalue weighted by atomic mass is 32.2. The first-order valence-electron chi connectivity index (χ1n) is 6.82. The summed E-state index contributed by atoms with van der Waals surface area (Å²) >= 11 is 1.76. The first kappa shape index (κ1) is 17.4. The number of rotatable bonds is 5. The van der Waals surface area contributed by atoms with Crippen molar-refractivity contribution < 1.29 is 27.4 Å². The molecule has 1 aromatic rings. The van der Waals surface area contributed by atoms with Gasteiger partial charge in [-0.3, -0.25) is 0 Å². The van der Waals surface area contributed by atoms with Crippen molar-refractivity contribution in [2.24, 2.45) is 0 Å². The van der Waals surface area contributed by atoms with Crippen LogP contribution in [0.4, 0.5) is 17.6 Å². The molecule has 1 saturated heterocycles. The number of hydrogen-bond acceptors (Lipinski definition) is 4. The monoisotopic (exact) mass is 339 g/mol. The van der Waals surface area contributed by atoms with Gasteiger partial charge in [0.05, 0.1) is 5.60 Å². The molecule has 0 unspecified atom stereocenters. The van der Waals surface area contributed by atoms with Gasteiger partial charge >= 0.3 is 6.36 Å². The van der Waals surface area contributed by atoms with Gasteiger partial charge in [0.15, 0.2) is 0 Å². The van der Waals surface area contributed by atoms with Crippen LogP contribution in [0.15, 0.2) is 18.2 Å². The Kier molecular flexibility index (Phi) is 5.57. The maximum Gasteiger partial charge on any atom is 0.573 e. The zero-order valence-electron chi connectivity index (χ0n) is 11.8. The highest BCUT2D eigenvalue weighted by Crippen LogP contribution is 2.28. The van der Waals surface area contributed by atoms with Gasteiger partial charge in [-0.05, 0) is 30.4 Å². The molecule has 0 amide bonds. The molecule has 1 fully saturated rings. The van der Waals surface area contributed by atoms with Gasteiger partial charge in [0.2, 0.25) is 0 Å². The molecule has 0 aromatic heterocycles. The average Bonchev–Trinajstić information content (AvgIpc) is 2.40. The van der Waals surface area contributed by atoms with E-state index in [-0.39, 0.29) is 18.7 Å². The second kappa shape index (κ2) is 7.06. The van der Waals surface area contributed by atoms with E-state index in [1.807, 2.05) is 0 Å². The lowest BCUT2D eigenvalue weighted by Crippen LogP contribution is -2.43. The van der Waals surface area contributed by atoms with Crippen LogP contribution in [0.3, 0.4) is 0 Å². The predicted molar refractivity (Wildman–Crippen MR) is 76.3 cm³/mol. The smallest absolute Gasteiger partial charge is 0.405 e. The van der Waals surface area contributed by atoms with E-state index in [1.54, 1.807) is 11.8 Å². The first-order chi connectivity index (χ1) is 10.3. The predicted octanol–water partition coefficient (Wildman–Crippen LogP) is 3.07. The summed E-state index contributed by atoms with van der Waals surface area (Å²) in [6.45, 7) is 0.331. The van der Waals surface area contributed by atoms with Gasteiger partial charge in [0.1, 0.15) is 11.6 Å². The third kappa shape index (κ3) is 5.33. The van der Waals surface area contributed by atoms with E-state index >= 15 is 0 Å². The summed E-state index contributed by atoms with van der Waals surface area (Å²) in [4.78, 5) is 0. The van der Waals surface area contributed by atoms with Crippen molar-refractivity contribution in [1.29, 1.82) is 0 Å². The van der Waals surface area contributed by atoms with Crippen LogP contribution >= 0.6 is 11.8 Å². The van der Waals surface area contributed by atoms with Gasteiger partial charge in [0, 0.05) is 24.7 Å². The fraction of sp³-hybridized carbons (Fsp3) is 0.571. The fourth-order valence-corrected chi connectivity index (χ4v) is 3.50. The van der Waals surface area contributed by atoms with Crippen molar-refractivity contribution >= 4 is 11.8 Å². The van der Waals surface area contributed by atoms with E-state index in [0.29, 0.717) is 18.9 Å². The Balaban J connectivity index is 1.97. The summed E-state index contributed by atoms with van der Waals surface area (Å²) < 4.78 is 53.9. The number of halogens is 4. The van der Waals surface area contributed by atoms with Crippen LogP contribution in [0.5, 0.6) is 5.75 Å². The summed E-state index contributed by atoms with van der Waals surface area (Å²) in [5, 5.41) is 13.2. The van der Waals surface area contributed by atoms with Crippen LogP contribution in [-0.4, -0.2) is 35.1 Å². The Bertz CT molecular complexity index is 504. The number of benzene rings is 1. The van der Waals surface area contributed by atoms with Crippen LogP contribution in [-0.2, 0) is 6.54 Å². The average molecular weight is 339 g/mol. The zero-order valence-corrected chi connectivity index (χ0v) is 12.6. The molecule has 0 radical (unpaired) electrons. The molecule has 0 atom stereocenters. The van der Waals surface area contributed by atoms with E-state index < -0.39 is 23.5 Å². The number of alkyl halides is 3. The van der Waals surface area contributed by atoms with E-state index in [1.165, 1.54) is 6.07 Å². The molecule has 1 heterocycles. The number of thioether (sulfide) groups is 1. The van der Waals surface area contributed by atoms with Gasteiger partial charge < -0.3 is 15.2 Å². The molecule has 8 heteroatoms. The minimum atomic E-state index is -4.87. The Morgan fingerprint density at radius 3 is 2.59 bits per heavy atom. The van der Waals surface area contributed by atoms with Crippen molar-refractivity contribution in [2.75, 3.05) is 18.1 Å². The lowest BCUT2D eigenvalue weighted by molar-refractivity contribution is -0.275. The van der Waals surface area contributed by atoms with Crippen LogP contribution < -0.4 is 10.1 Å². The molecular formula is C14H17F4NO2S. The van der Waals surface area contributed by atoms with Crippen LogP contribution in [0.2, 0.25) is 0 Å². The van der Waals surface area contributed by atoms with Crippen LogP contribution in [0.1, 0.15) is 18.4 Å². The Labute approximate surface area is 130 Å². The molecule has 2 rings (SSSR count). The van der Waals surface area contributed by atoms with E-state index in [9.17, 15) is 22.7 Å². The lowest BCUT2D eigenvalue weighted by atomic mass is 9.97. The number of aliphatic hydroxyl groups is 1. The molecule has 22 heavy (non-hydrogen) atoms. The van der Waals surface area contributed by atoms with E-state index in [2.05, 4.69) is 10.1 Å². The molecule has 1 aliphatic heterocycles. The third-order valence-electron chi connectivity index (χ3n) is 3.45. The molecule has 2 N–H and O–H groups in total. The Morgan fingerprint density at radius 2 is 1.95 bits per heavy atom. The van der Waals surface area contributed by atoms with Crippen molar-refractivity contribution in [2.45, 2.75) is 31.3 Å². The van der Waals surface area contributed by atoms with Gasteiger partial charge in [-0.2, -0.15) is 11.8 Å². The number of hydrogen-bond donors (Lipinski definition) is 2. The second-order valence-corrected chi connectivity index (χ2v) is 6.46. The van der Waals surface area contributed by atoms with E-state index in [4.69, 9.17) is 0 Å². The topological polar surface area (TPSA) is 41.5 Å². The standard InChI is InChI=1S/C14H17F4NO2S/c15-11-2-1-10(12(7-11)21-14(16,17)18)8-19-9-13(20)3-5-22-6-4-13/h1-2,7,19-20H,3-6,8-9H2. The van der Waals surface area contributed by atoms with Gasteiger partial charge in [0.25, 0.3) is 0 Å². The summed E-state index contributed by atoms with van der Waals surface area (Å²) in [6, 6.07) is 3.02. The van der Waals surface area contributed by atoms with Crippen molar-refractivity contribution in [3.05, 3.63) is 29.6 Å². The number of ether oxygens (including phenoxy) is 1. The van der Waals surface area contributed by atoms with Gasteiger partial charge in [-0.1, -0.05) is 6.07 Å². The maximum atomic E-state index is 13.1. The van der Waals surface area contributed by atoms with Crippen molar-refractivity contribution in [3.63, 3.8) is 0 Å². The van der Waals surface area contributed by atoms with Gasteiger partial charge in [-0.25, -0.2) is 4.39 Å². The minimum absolute atomic E-state index is 0.0567. The Morgan fingerprint density at radius 1 is 1.27 bits per heavy atom. The molecule has 0 aliphatic carbocycles. The molecule has 124 valence electrons. The van der Waals surface area contributed by atoms with Crippen molar-refractivity contribution in [1.82, 2.24) is 5.32 Å². The fourth-order valence-electron chi connectivity index (χ4n) is 2.25. The summed E-state index contributed by atoms with van der Waals surface area (Å²) in [6.07, 6.45) is -3.60. The van der Waals surface area contributed by atoms with Gasteiger partial charge in [-0.15, -0.1) is 13.2 Å². The van der Waals surface area contributed by atoms with Crippen molar-refractivity contribution in [3.8, 4) is 5.75 Å². The molecule has 1 aromatic carbocycles. The second-order valence-electron chi connectivity index (χ2n) is 5.24. The molecule has 0 bridgehead atoms. The minimum Gasteiger partial charge on any atom is -0.405 e. The van der Waals surface area contributed by atoms with Crippen LogP contribution in [0.25, 0.3) is 0 Å². The summed E-state index contributed by atoms with van der Waals surface area (Å²) in [5.74, 6) is 0.353. The number of nitrogens with one attached hydrogen (secondary N) is 1. The SMILES string of the molecule is OC1(CNCc2ccc(F)cc2OC(F)(F)F)CCSCC1. The summed E-state index contributed by atoms with van der Waals surface area (Å²) in [5.41, 5.74) is -0.649. The molecule has 3 nitrogen and oxygen atoms in total. The highest BCUT2D eigenvalue weighted by Gasteiger charge is 2.32. The Hall–Kier alpha value is -0.990. The molecule has 1 aliphatic rings. The molecular weight excluding hydrogens is 322 g/mol. The first-order valence-corrected chi connectivity index (χ1v) is 7.98. The largest absolute Gasteiger partial charge is 0.573 e. The van der Waals surface area contributed by atoms with E-state index in [0.717, 1.165) is 17.6 Å². The maximum absolute atomic E-state index is 13.1. The molecule has 0 saturated carbocycles. The zero-order chi connectivity index (χ0) is 16.2. The van der Waals surface area contributed by atoms with Crippen LogP contribution in [0, 0.1) is 5.82 Å². The quantitative estimate of drug-likeness (QED) is 0.809. The highest BCUT2D eigenvalue weighted by molar-refractivity contribution is 7.99.